The highest BCUT2D eigenvalue weighted by Crippen LogP contribution is 2.17. The Balaban J connectivity index is 2.67. The van der Waals surface area contributed by atoms with Gasteiger partial charge in [0, 0.05) is 6.07 Å². The molecule has 0 bridgehead atoms. The van der Waals surface area contributed by atoms with Gasteiger partial charge in [0.2, 0.25) is 5.88 Å². The van der Waals surface area contributed by atoms with Crippen LogP contribution < -0.4 is 4.74 Å². The van der Waals surface area contributed by atoms with E-state index in [0.29, 0.717) is 17.0 Å². The lowest BCUT2D eigenvalue weighted by atomic mass is 10.1. The quantitative estimate of drug-likeness (QED) is 0.714. The van der Waals surface area contributed by atoms with Gasteiger partial charge in [-0.25, -0.2) is 4.98 Å². The van der Waals surface area contributed by atoms with Crippen LogP contribution in [0.1, 0.15) is 27.2 Å². The first-order valence-corrected chi connectivity index (χ1v) is 5.30. The number of ether oxygens (including phenoxy) is 1. The molecule has 0 N–H and O–H groups in total. The average molecular weight is 214 g/mol. The van der Waals surface area contributed by atoms with E-state index in [1.54, 1.807) is 6.07 Å². The highest BCUT2D eigenvalue weighted by molar-refractivity contribution is 6.29. The van der Waals surface area contributed by atoms with Crippen LogP contribution in [-0.4, -0.2) is 11.1 Å². The van der Waals surface area contributed by atoms with Crippen LogP contribution in [0.3, 0.4) is 0 Å². The van der Waals surface area contributed by atoms with E-state index in [1.807, 2.05) is 12.1 Å². The highest BCUT2D eigenvalue weighted by atomic mass is 35.5. The van der Waals surface area contributed by atoms with E-state index in [2.05, 4.69) is 25.8 Å². The Morgan fingerprint density at radius 3 is 2.64 bits per heavy atom. The van der Waals surface area contributed by atoms with Crippen LogP contribution in [0, 0.1) is 5.92 Å². The normalized spacial score (nSPS) is 12.9. The summed E-state index contributed by atoms with van der Waals surface area (Å²) in [5.74, 6) is 1.10. The minimum Gasteiger partial charge on any atom is -0.474 e. The van der Waals surface area contributed by atoms with Crippen molar-refractivity contribution in [3.8, 4) is 5.88 Å². The van der Waals surface area contributed by atoms with E-state index in [4.69, 9.17) is 16.3 Å². The second kappa shape index (κ2) is 5.20. The molecule has 3 heteroatoms. The molecule has 1 unspecified atom stereocenters. The van der Waals surface area contributed by atoms with E-state index in [0.717, 1.165) is 6.42 Å². The lowest BCUT2D eigenvalue weighted by Crippen LogP contribution is -2.22. The summed E-state index contributed by atoms with van der Waals surface area (Å²) in [5.41, 5.74) is 0. The highest BCUT2D eigenvalue weighted by Gasteiger charge is 2.13. The fourth-order valence-electron chi connectivity index (χ4n) is 1.30. The first kappa shape index (κ1) is 11.3. The molecule has 0 aliphatic heterocycles. The third kappa shape index (κ3) is 3.18. The Morgan fingerprint density at radius 1 is 1.43 bits per heavy atom. The topological polar surface area (TPSA) is 22.1 Å². The zero-order chi connectivity index (χ0) is 10.6. The molecule has 0 aromatic carbocycles. The Bertz CT molecular complexity index is 288. The molecule has 0 aliphatic carbocycles. The fraction of sp³-hybridized carbons (Fsp3) is 0.545. The van der Waals surface area contributed by atoms with Gasteiger partial charge in [-0.15, -0.1) is 0 Å². The van der Waals surface area contributed by atoms with Crippen LogP contribution in [-0.2, 0) is 0 Å². The maximum Gasteiger partial charge on any atom is 0.214 e. The van der Waals surface area contributed by atoms with E-state index >= 15 is 0 Å². The van der Waals surface area contributed by atoms with Crippen LogP contribution in [0.4, 0.5) is 0 Å². The van der Waals surface area contributed by atoms with Crippen molar-refractivity contribution in [1.29, 1.82) is 0 Å². The standard InChI is InChI=1S/C11H16ClNO/c1-4-9(8(2)3)14-11-7-5-6-10(12)13-11/h5-9H,4H2,1-3H3. The van der Waals surface area contributed by atoms with Gasteiger partial charge in [-0.1, -0.05) is 38.4 Å². The lowest BCUT2D eigenvalue weighted by Gasteiger charge is -2.20. The number of hydrogen-bond donors (Lipinski definition) is 0. The second-order valence-electron chi connectivity index (χ2n) is 3.61. The van der Waals surface area contributed by atoms with Crippen molar-refractivity contribution in [3.63, 3.8) is 0 Å². The Labute approximate surface area is 90.3 Å². The molecule has 1 atom stereocenters. The summed E-state index contributed by atoms with van der Waals surface area (Å²) in [7, 11) is 0. The molecule has 1 heterocycles. The number of aromatic nitrogens is 1. The maximum atomic E-state index is 5.76. The van der Waals surface area contributed by atoms with Crippen LogP contribution in [0.25, 0.3) is 0 Å². The minimum atomic E-state index is 0.209. The number of rotatable bonds is 4. The fourth-order valence-corrected chi connectivity index (χ4v) is 1.46. The molecule has 0 radical (unpaired) electrons. The summed E-state index contributed by atoms with van der Waals surface area (Å²) in [6, 6.07) is 5.42. The average Bonchev–Trinajstić information content (AvgIpc) is 2.14. The Kier molecular flexibility index (Phi) is 4.21. The number of pyridine rings is 1. The molecule has 0 saturated heterocycles. The summed E-state index contributed by atoms with van der Waals surface area (Å²) in [4.78, 5) is 4.09. The first-order valence-electron chi connectivity index (χ1n) is 4.92. The smallest absolute Gasteiger partial charge is 0.214 e. The largest absolute Gasteiger partial charge is 0.474 e. The summed E-state index contributed by atoms with van der Waals surface area (Å²) in [5, 5.41) is 0.473. The van der Waals surface area contributed by atoms with Gasteiger partial charge in [-0.2, -0.15) is 0 Å². The summed E-state index contributed by atoms with van der Waals surface area (Å²) in [6.07, 6.45) is 1.19. The third-order valence-corrected chi connectivity index (χ3v) is 2.32. The zero-order valence-electron chi connectivity index (χ0n) is 8.83. The van der Waals surface area contributed by atoms with Crippen LogP contribution in [0.5, 0.6) is 5.88 Å². The van der Waals surface area contributed by atoms with E-state index in [1.165, 1.54) is 0 Å². The van der Waals surface area contributed by atoms with Crippen LogP contribution in [0.15, 0.2) is 18.2 Å². The lowest BCUT2D eigenvalue weighted by molar-refractivity contribution is 0.141. The van der Waals surface area contributed by atoms with Crippen LogP contribution in [0.2, 0.25) is 5.15 Å². The van der Waals surface area contributed by atoms with Crippen molar-refractivity contribution >= 4 is 11.6 Å². The first-order chi connectivity index (χ1) is 6.63. The van der Waals surface area contributed by atoms with Gasteiger partial charge in [0.1, 0.15) is 11.3 Å². The SMILES string of the molecule is CCC(Oc1cccc(Cl)n1)C(C)C. The van der Waals surface area contributed by atoms with Crippen molar-refractivity contribution in [2.24, 2.45) is 5.92 Å². The molecular weight excluding hydrogens is 198 g/mol. The van der Waals surface area contributed by atoms with Gasteiger partial charge in [-0.05, 0) is 18.4 Å². The van der Waals surface area contributed by atoms with Gasteiger partial charge >= 0.3 is 0 Å². The van der Waals surface area contributed by atoms with Gasteiger partial charge in [0.25, 0.3) is 0 Å². The maximum absolute atomic E-state index is 5.76. The molecule has 0 fully saturated rings. The molecule has 0 saturated carbocycles. The number of hydrogen-bond acceptors (Lipinski definition) is 2. The van der Waals surface area contributed by atoms with Gasteiger partial charge < -0.3 is 4.74 Å². The molecule has 1 aromatic heterocycles. The van der Waals surface area contributed by atoms with Crippen molar-refractivity contribution in [1.82, 2.24) is 4.98 Å². The van der Waals surface area contributed by atoms with Crippen molar-refractivity contribution in [2.75, 3.05) is 0 Å². The van der Waals surface area contributed by atoms with Crippen LogP contribution >= 0.6 is 11.6 Å². The minimum absolute atomic E-state index is 0.209. The van der Waals surface area contributed by atoms with Crippen molar-refractivity contribution in [3.05, 3.63) is 23.4 Å². The molecule has 0 spiro atoms. The molecule has 0 amide bonds. The van der Waals surface area contributed by atoms with Gasteiger partial charge in [0.15, 0.2) is 0 Å². The molecule has 78 valence electrons. The van der Waals surface area contributed by atoms with Crippen molar-refractivity contribution < 1.29 is 4.74 Å². The Morgan fingerprint density at radius 2 is 2.14 bits per heavy atom. The van der Waals surface area contributed by atoms with E-state index in [-0.39, 0.29) is 6.10 Å². The number of halogens is 1. The molecule has 1 aromatic rings. The predicted molar refractivity (Wildman–Crippen MR) is 58.8 cm³/mol. The molecule has 1 rings (SSSR count). The molecule has 2 nitrogen and oxygen atoms in total. The number of nitrogens with zero attached hydrogens (tertiary/aromatic N) is 1. The van der Waals surface area contributed by atoms with E-state index < -0.39 is 0 Å². The van der Waals surface area contributed by atoms with Crippen molar-refractivity contribution in [2.45, 2.75) is 33.3 Å². The molecule has 0 aliphatic rings. The third-order valence-electron chi connectivity index (χ3n) is 2.11. The van der Waals surface area contributed by atoms with E-state index in [9.17, 15) is 0 Å². The summed E-state index contributed by atoms with van der Waals surface area (Å²) < 4.78 is 5.71. The monoisotopic (exact) mass is 213 g/mol. The summed E-state index contributed by atoms with van der Waals surface area (Å²) in [6.45, 7) is 6.38. The van der Waals surface area contributed by atoms with Gasteiger partial charge in [0.05, 0.1) is 0 Å². The second-order valence-corrected chi connectivity index (χ2v) is 3.99. The molecular formula is C11H16ClNO. The zero-order valence-corrected chi connectivity index (χ0v) is 9.58. The summed E-state index contributed by atoms with van der Waals surface area (Å²) >= 11 is 5.76. The van der Waals surface area contributed by atoms with Gasteiger partial charge in [-0.3, -0.25) is 0 Å². The Hall–Kier alpha value is -0.760. The predicted octanol–water partition coefficient (Wildman–Crippen LogP) is 3.55. The molecule has 14 heavy (non-hydrogen) atoms.